The van der Waals surface area contributed by atoms with Gasteiger partial charge in [0.2, 0.25) is 35.4 Å². The van der Waals surface area contributed by atoms with Crippen LogP contribution in [0.2, 0.25) is 0 Å². The molecule has 358 valence electrons. The van der Waals surface area contributed by atoms with Crippen LogP contribution >= 0.6 is 0 Å². The first-order valence-electron chi connectivity index (χ1n) is 19.1. The van der Waals surface area contributed by atoms with E-state index in [0.717, 1.165) is 0 Å². The van der Waals surface area contributed by atoms with Gasteiger partial charge in [-0.1, -0.05) is 0 Å². The molecule has 0 radical (unpaired) electrons. The van der Waals surface area contributed by atoms with E-state index in [1.807, 2.05) is 16.0 Å². The number of carbonyl (C=O) groups excluding carboxylic acids is 6. The second-order valence-corrected chi connectivity index (χ2v) is 13.9. The second-order valence-electron chi connectivity index (χ2n) is 13.9. The summed E-state index contributed by atoms with van der Waals surface area (Å²) in [4.78, 5) is 166. The van der Waals surface area contributed by atoms with Crippen molar-refractivity contribution in [2.75, 3.05) is 0 Å². The van der Waals surface area contributed by atoms with Crippen molar-refractivity contribution >= 4 is 83.2 Å². The van der Waals surface area contributed by atoms with Crippen molar-refractivity contribution in [3.8, 4) is 0 Å². The maximum atomic E-state index is 13.1. The average Bonchev–Trinajstić information content (AvgIpc) is 3.19. The van der Waals surface area contributed by atoms with Gasteiger partial charge in [0.1, 0.15) is 42.3 Å². The molecule has 0 aromatic carbocycles. The van der Waals surface area contributed by atoms with E-state index in [2.05, 4.69) is 16.0 Å². The molecule has 0 rings (SSSR count). The van der Waals surface area contributed by atoms with Gasteiger partial charge in [0, 0.05) is 44.9 Å². The van der Waals surface area contributed by atoms with Crippen LogP contribution in [-0.4, -0.2) is 166 Å². The van der Waals surface area contributed by atoms with Crippen molar-refractivity contribution in [2.24, 2.45) is 5.73 Å². The Morgan fingerprint density at radius 1 is 0.297 bits per heavy atom. The molecule has 0 aliphatic rings. The lowest BCUT2D eigenvalue weighted by atomic mass is 10.1. The first kappa shape index (κ1) is 56.5. The third-order valence-corrected chi connectivity index (χ3v) is 8.73. The Balaban J connectivity index is 5.44. The number of carbonyl (C=O) groups is 14. The number of hydrogen-bond acceptors (Lipinski definition) is 15. The highest BCUT2D eigenvalue weighted by Crippen LogP contribution is 2.09. The van der Waals surface area contributed by atoms with Gasteiger partial charge in [-0.25, -0.2) is 24.0 Å². The van der Waals surface area contributed by atoms with Gasteiger partial charge in [0.25, 0.3) is 0 Å². The molecule has 0 aliphatic carbocycles. The van der Waals surface area contributed by atoms with Gasteiger partial charge in [-0.05, 0) is 44.9 Å². The fraction of sp³-hybridized carbons (Fsp3) is 0.600. The molecule has 29 nitrogen and oxygen atoms in total. The van der Waals surface area contributed by atoms with Crippen LogP contribution in [0.15, 0.2) is 0 Å². The SMILES string of the molecule is N[C@@H](CCC(=O)N[C@@H](CCC(=O)N[C@@H](CCC(=O)N[C@@H](CCC(=O)O)C(=O)N[C@@H](CCC(=O)N[C@@H](CCC(=O)N[C@@H](CCC(=O)O)C(=O)O)C(=O)O)C(=O)O)C(=O)O)C(=O)O)C(=O)O. The Hall–Kier alpha value is -7.46. The quantitative estimate of drug-likeness (QED) is 0.0289. The number of carboxylic acid groups (broad SMARTS) is 8. The number of hydrogen-bond donors (Lipinski definition) is 15. The molecule has 0 heterocycles. The van der Waals surface area contributed by atoms with E-state index in [9.17, 15) is 87.5 Å². The molecular weight excluding hydrogens is 870 g/mol. The largest absolute Gasteiger partial charge is 0.481 e. The molecule has 0 unspecified atom stereocenters. The predicted molar refractivity (Wildman–Crippen MR) is 205 cm³/mol. The van der Waals surface area contributed by atoms with Crippen molar-refractivity contribution in [3.05, 3.63) is 0 Å². The van der Waals surface area contributed by atoms with Crippen molar-refractivity contribution in [1.82, 2.24) is 31.9 Å². The van der Waals surface area contributed by atoms with Crippen LogP contribution in [0.4, 0.5) is 0 Å². The molecule has 0 bridgehead atoms. The van der Waals surface area contributed by atoms with Gasteiger partial charge in [0.15, 0.2) is 0 Å². The fourth-order valence-electron chi connectivity index (χ4n) is 5.21. The van der Waals surface area contributed by atoms with Crippen LogP contribution in [-0.2, 0) is 67.1 Å². The predicted octanol–water partition coefficient (Wildman–Crippen LogP) is -4.64. The number of aliphatic carboxylic acids is 8. The summed E-state index contributed by atoms with van der Waals surface area (Å²) in [6.07, 6.45) is -8.54. The molecule has 0 aromatic rings. The first-order valence-corrected chi connectivity index (χ1v) is 19.1. The van der Waals surface area contributed by atoms with Gasteiger partial charge in [-0.15, -0.1) is 0 Å². The molecule has 0 aromatic heterocycles. The number of amides is 6. The third kappa shape index (κ3) is 24.7. The van der Waals surface area contributed by atoms with Gasteiger partial charge < -0.3 is 78.5 Å². The molecule has 0 aliphatic heterocycles. The Kier molecular flexibility index (Phi) is 25.6. The fourth-order valence-corrected chi connectivity index (χ4v) is 5.21. The molecule has 0 saturated heterocycles. The van der Waals surface area contributed by atoms with Crippen LogP contribution in [0.5, 0.6) is 0 Å². The minimum absolute atomic E-state index is 0.328. The van der Waals surface area contributed by atoms with E-state index in [4.69, 9.17) is 26.2 Å². The lowest BCUT2D eigenvalue weighted by Gasteiger charge is -2.22. The summed E-state index contributed by atoms with van der Waals surface area (Å²) in [6, 6.07) is -11.8. The molecule has 0 fully saturated rings. The molecule has 6 amide bonds. The van der Waals surface area contributed by atoms with Crippen LogP contribution < -0.4 is 37.6 Å². The first-order chi connectivity index (χ1) is 29.7. The molecule has 0 spiro atoms. The summed E-state index contributed by atoms with van der Waals surface area (Å²) >= 11 is 0. The molecule has 7 atom stereocenters. The standard InChI is InChI=1S/C35H51N7O22/c36-15(30(53)54)1-8-22(43)38-17(31(55)56)3-10-24(45)39-18(32(57)58)2-9-23(44)37-16(6-13-27(48)49)29(52)42-21(35(63)64)5-12-26(47)40-19(33(59)60)4-11-25(46)41-20(34(61)62)7-14-28(50)51/h15-21H,1-14,36H2,(H,37,44)(H,38,43)(H,39,45)(H,40,47)(H,41,46)(H,42,52)(H,48,49)(H,50,51)(H,53,54)(H,55,56)(H,57,58)(H,59,60)(H,61,62)(H,63,64)/t15-,16-,17-,18-,19-,20-,21-/m0/s1. The highest BCUT2D eigenvalue weighted by atomic mass is 16.4. The van der Waals surface area contributed by atoms with Gasteiger partial charge in [0.05, 0.1) is 0 Å². The summed E-state index contributed by atoms with van der Waals surface area (Å²) in [7, 11) is 0. The zero-order valence-corrected chi connectivity index (χ0v) is 33.8. The second kappa shape index (κ2) is 29.0. The number of carboxylic acids is 8. The van der Waals surface area contributed by atoms with E-state index in [1.54, 1.807) is 0 Å². The lowest BCUT2D eigenvalue weighted by Crippen LogP contribution is -2.52. The van der Waals surface area contributed by atoms with E-state index < -0.39 is 209 Å². The summed E-state index contributed by atoms with van der Waals surface area (Å²) < 4.78 is 0. The molecule has 29 heteroatoms. The van der Waals surface area contributed by atoms with Crippen LogP contribution in [0.3, 0.4) is 0 Å². The molecular formula is C35H51N7O22. The maximum Gasteiger partial charge on any atom is 0.326 e. The van der Waals surface area contributed by atoms with E-state index >= 15 is 0 Å². The van der Waals surface area contributed by atoms with Crippen LogP contribution in [0, 0.1) is 0 Å². The zero-order valence-electron chi connectivity index (χ0n) is 33.8. The summed E-state index contributed by atoms with van der Waals surface area (Å²) in [5.41, 5.74) is 5.30. The Bertz CT molecular complexity index is 1770. The summed E-state index contributed by atoms with van der Waals surface area (Å²) in [5, 5.41) is 86.2. The zero-order chi connectivity index (χ0) is 49.3. The van der Waals surface area contributed by atoms with Crippen molar-refractivity contribution in [2.45, 2.75) is 132 Å². The number of nitrogens with one attached hydrogen (secondary N) is 6. The van der Waals surface area contributed by atoms with Gasteiger partial charge >= 0.3 is 47.8 Å². The highest BCUT2D eigenvalue weighted by Gasteiger charge is 2.30. The number of rotatable bonds is 34. The Labute approximate surface area is 360 Å². The Morgan fingerprint density at radius 2 is 0.516 bits per heavy atom. The van der Waals surface area contributed by atoms with E-state index in [0.29, 0.717) is 0 Å². The van der Waals surface area contributed by atoms with Gasteiger partial charge in [-0.2, -0.15) is 0 Å². The molecule has 16 N–H and O–H groups in total. The van der Waals surface area contributed by atoms with Crippen LogP contribution in [0.1, 0.15) is 89.9 Å². The minimum Gasteiger partial charge on any atom is -0.481 e. The normalized spacial score (nSPS) is 14.0. The molecule has 64 heavy (non-hydrogen) atoms. The Morgan fingerprint density at radius 3 is 0.766 bits per heavy atom. The van der Waals surface area contributed by atoms with Gasteiger partial charge in [-0.3, -0.25) is 43.2 Å². The number of nitrogens with two attached hydrogens (primary N) is 1. The van der Waals surface area contributed by atoms with Crippen molar-refractivity contribution < 1.29 is 108 Å². The average molecular weight is 922 g/mol. The molecule has 0 saturated carbocycles. The maximum absolute atomic E-state index is 13.1. The monoisotopic (exact) mass is 921 g/mol. The van der Waals surface area contributed by atoms with Crippen molar-refractivity contribution in [1.29, 1.82) is 0 Å². The highest BCUT2D eigenvalue weighted by molar-refractivity contribution is 5.92. The minimum atomic E-state index is -1.90. The summed E-state index contributed by atoms with van der Waals surface area (Å²) in [6.45, 7) is 0. The van der Waals surface area contributed by atoms with Crippen molar-refractivity contribution in [3.63, 3.8) is 0 Å². The summed E-state index contributed by atoms with van der Waals surface area (Å²) in [5.74, 6) is -18.7. The lowest BCUT2D eigenvalue weighted by molar-refractivity contribution is -0.144. The van der Waals surface area contributed by atoms with E-state index in [1.165, 1.54) is 0 Å². The third-order valence-electron chi connectivity index (χ3n) is 8.73. The smallest absolute Gasteiger partial charge is 0.326 e. The topological polar surface area (TPSA) is 499 Å². The van der Waals surface area contributed by atoms with Crippen LogP contribution in [0.25, 0.3) is 0 Å². The van der Waals surface area contributed by atoms with E-state index in [-0.39, 0.29) is 6.42 Å².